The Kier molecular flexibility index (Phi) is 3.59. The van der Waals surface area contributed by atoms with Gasteiger partial charge in [-0.2, -0.15) is 0 Å². The van der Waals surface area contributed by atoms with Crippen LogP contribution < -0.4 is 5.32 Å². The van der Waals surface area contributed by atoms with Crippen LogP contribution >= 0.6 is 0 Å². The summed E-state index contributed by atoms with van der Waals surface area (Å²) in [4.78, 5) is 0. The lowest BCUT2D eigenvalue weighted by Gasteiger charge is -2.44. The van der Waals surface area contributed by atoms with Gasteiger partial charge in [-0.3, -0.25) is 0 Å². The van der Waals surface area contributed by atoms with Crippen molar-refractivity contribution in [1.29, 1.82) is 0 Å². The molecular formula is C14H20FN. The zero-order valence-electron chi connectivity index (χ0n) is 9.88. The molecular weight excluding hydrogens is 201 g/mol. The van der Waals surface area contributed by atoms with Gasteiger partial charge in [-0.25, -0.2) is 4.39 Å². The van der Waals surface area contributed by atoms with Gasteiger partial charge in [0.15, 0.2) is 0 Å². The van der Waals surface area contributed by atoms with E-state index in [-0.39, 0.29) is 5.54 Å². The highest BCUT2D eigenvalue weighted by Gasteiger charge is 2.41. The van der Waals surface area contributed by atoms with Gasteiger partial charge < -0.3 is 5.32 Å². The molecule has 0 heterocycles. The molecule has 2 heteroatoms. The third-order valence-electron chi connectivity index (χ3n) is 3.74. The van der Waals surface area contributed by atoms with Crippen LogP contribution in [0.15, 0.2) is 30.3 Å². The van der Waals surface area contributed by atoms with Crippen LogP contribution in [0.5, 0.6) is 0 Å². The quantitative estimate of drug-likeness (QED) is 0.805. The highest BCUT2D eigenvalue weighted by molar-refractivity contribution is 5.15. The van der Waals surface area contributed by atoms with E-state index in [1.165, 1.54) is 5.56 Å². The Morgan fingerprint density at radius 3 is 2.50 bits per heavy atom. The summed E-state index contributed by atoms with van der Waals surface area (Å²) in [6, 6.07) is 10.4. The molecule has 1 aromatic rings. The van der Waals surface area contributed by atoms with Crippen molar-refractivity contribution in [2.75, 3.05) is 6.54 Å². The van der Waals surface area contributed by atoms with E-state index in [9.17, 15) is 4.39 Å². The molecule has 88 valence electrons. The summed E-state index contributed by atoms with van der Waals surface area (Å²) >= 11 is 0. The zero-order valence-corrected chi connectivity index (χ0v) is 9.88. The number of nitrogens with one attached hydrogen (secondary N) is 1. The average molecular weight is 221 g/mol. The van der Waals surface area contributed by atoms with Crippen LogP contribution in [0.3, 0.4) is 0 Å². The predicted octanol–water partition coefficient (Wildman–Crippen LogP) is 3.10. The van der Waals surface area contributed by atoms with Gasteiger partial charge in [-0.1, -0.05) is 30.3 Å². The molecule has 0 bridgehead atoms. The molecule has 2 rings (SSSR count). The fraction of sp³-hybridized carbons (Fsp3) is 0.571. The highest BCUT2D eigenvalue weighted by Crippen LogP contribution is 2.36. The van der Waals surface area contributed by atoms with Crippen molar-refractivity contribution in [2.24, 2.45) is 0 Å². The van der Waals surface area contributed by atoms with Gasteiger partial charge in [0.2, 0.25) is 0 Å². The van der Waals surface area contributed by atoms with Crippen molar-refractivity contribution < 1.29 is 4.39 Å². The molecule has 1 fully saturated rings. The number of benzene rings is 1. The molecule has 1 nitrogen and oxygen atoms in total. The van der Waals surface area contributed by atoms with Crippen LogP contribution in [0, 0.1) is 0 Å². The minimum absolute atomic E-state index is 0.214. The average Bonchev–Trinajstić information content (AvgIpc) is 2.23. The summed E-state index contributed by atoms with van der Waals surface area (Å²) in [6.07, 6.45) is 3.37. The molecule has 0 radical (unpaired) electrons. The highest BCUT2D eigenvalue weighted by atomic mass is 19.1. The van der Waals surface area contributed by atoms with Gasteiger partial charge >= 0.3 is 0 Å². The van der Waals surface area contributed by atoms with Crippen LogP contribution in [-0.2, 0) is 6.42 Å². The van der Waals surface area contributed by atoms with E-state index in [1.807, 2.05) is 18.2 Å². The smallest absolute Gasteiger partial charge is 0.115 e. The monoisotopic (exact) mass is 221 g/mol. The van der Waals surface area contributed by atoms with E-state index >= 15 is 0 Å². The lowest BCUT2D eigenvalue weighted by Crippen LogP contribution is -2.57. The summed E-state index contributed by atoms with van der Waals surface area (Å²) in [7, 11) is 0. The van der Waals surface area contributed by atoms with Gasteiger partial charge in [0.1, 0.15) is 6.17 Å². The Hall–Kier alpha value is -0.890. The minimum Gasteiger partial charge on any atom is -0.308 e. The van der Waals surface area contributed by atoms with E-state index in [0.29, 0.717) is 0 Å². The summed E-state index contributed by atoms with van der Waals surface area (Å²) in [5, 5.41) is 3.41. The Bertz CT molecular complexity index is 317. The molecule has 1 atom stereocenters. The molecule has 0 saturated heterocycles. The Morgan fingerprint density at radius 1 is 1.31 bits per heavy atom. The molecule has 0 aromatic heterocycles. The zero-order chi connectivity index (χ0) is 11.4. The molecule has 0 amide bonds. The topological polar surface area (TPSA) is 12.0 Å². The fourth-order valence-electron chi connectivity index (χ4n) is 2.37. The first-order valence-electron chi connectivity index (χ1n) is 6.16. The van der Waals surface area contributed by atoms with E-state index < -0.39 is 6.17 Å². The SMILES string of the molecule is C[C@H](F)C1(NCCc2ccccc2)CCC1. The van der Waals surface area contributed by atoms with Crippen molar-refractivity contribution in [1.82, 2.24) is 5.32 Å². The standard InChI is InChI=1S/C14H20FN/c1-12(15)14(9-5-10-14)16-11-8-13-6-3-2-4-7-13/h2-4,6-7,12,16H,5,8-11H2,1H3/t12-/m0/s1. The van der Waals surface area contributed by atoms with Crippen molar-refractivity contribution in [3.8, 4) is 0 Å². The van der Waals surface area contributed by atoms with Gasteiger partial charge in [-0.05, 0) is 44.7 Å². The third kappa shape index (κ3) is 2.43. The predicted molar refractivity (Wildman–Crippen MR) is 65.3 cm³/mol. The van der Waals surface area contributed by atoms with Crippen molar-refractivity contribution >= 4 is 0 Å². The molecule has 1 aliphatic carbocycles. The summed E-state index contributed by atoms with van der Waals surface area (Å²) in [5.74, 6) is 0. The van der Waals surface area contributed by atoms with Gasteiger partial charge in [0.05, 0.1) is 0 Å². The first-order valence-corrected chi connectivity index (χ1v) is 6.16. The lowest BCUT2D eigenvalue weighted by atomic mass is 9.73. The Balaban J connectivity index is 1.79. The molecule has 1 aromatic carbocycles. The lowest BCUT2D eigenvalue weighted by molar-refractivity contribution is 0.0807. The maximum absolute atomic E-state index is 13.5. The Morgan fingerprint density at radius 2 is 2.00 bits per heavy atom. The van der Waals surface area contributed by atoms with Crippen LogP contribution in [0.4, 0.5) is 4.39 Å². The number of rotatable bonds is 5. The van der Waals surface area contributed by atoms with E-state index in [1.54, 1.807) is 6.92 Å². The molecule has 16 heavy (non-hydrogen) atoms. The number of hydrogen-bond acceptors (Lipinski definition) is 1. The van der Waals surface area contributed by atoms with Crippen LogP contribution in [0.2, 0.25) is 0 Å². The second kappa shape index (κ2) is 4.96. The fourth-order valence-corrected chi connectivity index (χ4v) is 2.37. The van der Waals surface area contributed by atoms with Crippen molar-refractivity contribution in [2.45, 2.75) is 44.3 Å². The first-order chi connectivity index (χ1) is 7.73. The summed E-state index contributed by atoms with van der Waals surface area (Å²) in [5.41, 5.74) is 1.10. The summed E-state index contributed by atoms with van der Waals surface area (Å²) in [6.45, 7) is 2.55. The molecule has 0 spiro atoms. The van der Waals surface area contributed by atoms with E-state index in [4.69, 9.17) is 0 Å². The van der Waals surface area contributed by atoms with Gasteiger partial charge in [0, 0.05) is 5.54 Å². The normalized spacial score (nSPS) is 20.1. The second-order valence-electron chi connectivity index (χ2n) is 4.79. The van der Waals surface area contributed by atoms with Crippen molar-refractivity contribution in [3.63, 3.8) is 0 Å². The number of halogens is 1. The Labute approximate surface area is 97.1 Å². The number of alkyl halides is 1. The van der Waals surface area contributed by atoms with Crippen LogP contribution in [-0.4, -0.2) is 18.3 Å². The van der Waals surface area contributed by atoms with Crippen molar-refractivity contribution in [3.05, 3.63) is 35.9 Å². The third-order valence-corrected chi connectivity index (χ3v) is 3.74. The second-order valence-corrected chi connectivity index (χ2v) is 4.79. The molecule has 0 unspecified atom stereocenters. The maximum atomic E-state index is 13.5. The first kappa shape index (κ1) is 11.6. The maximum Gasteiger partial charge on any atom is 0.115 e. The largest absolute Gasteiger partial charge is 0.308 e. The van der Waals surface area contributed by atoms with Crippen LogP contribution in [0.25, 0.3) is 0 Å². The summed E-state index contributed by atoms with van der Waals surface area (Å²) < 4.78 is 13.5. The van der Waals surface area contributed by atoms with E-state index in [0.717, 1.165) is 32.2 Å². The van der Waals surface area contributed by atoms with Gasteiger partial charge in [0.25, 0.3) is 0 Å². The van der Waals surface area contributed by atoms with Crippen LogP contribution in [0.1, 0.15) is 31.7 Å². The molecule has 1 saturated carbocycles. The van der Waals surface area contributed by atoms with E-state index in [2.05, 4.69) is 17.4 Å². The van der Waals surface area contributed by atoms with Gasteiger partial charge in [-0.15, -0.1) is 0 Å². The number of hydrogen-bond donors (Lipinski definition) is 1. The molecule has 1 aliphatic rings. The molecule has 0 aliphatic heterocycles. The minimum atomic E-state index is -0.739. The molecule has 1 N–H and O–H groups in total.